The Morgan fingerprint density at radius 2 is 1.74 bits per heavy atom. The summed E-state index contributed by atoms with van der Waals surface area (Å²) in [4.78, 5) is 31.4. The monoisotopic (exact) mass is 864 g/mol. The summed E-state index contributed by atoms with van der Waals surface area (Å²) in [5, 5.41) is 31.0. The van der Waals surface area contributed by atoms with Gasteiger partial charge in [-0.15, -0.1) is 4.33 Å². The minimum atomic E-state index is -5.42. The number of esters is 1. The van der Waals surface area contributed by atoms with Crippen LogP contribution in [0.15, 0.2) is 41.3 Å². The Morgan fingerprint density at radius 3 is 2.37 bits per heavy atom. The molecule has 4 saturated carbocycles. The number of carboxylic acid groups (broad SMARTS) is 1. The number of ether oxygens (including phenoxy) is 3. The lowest BCUT2D eigenvalue weighted by Gasteiger charge is -2.62. The minimum Gasteiger partial charge on any atom is -0.481 e. The largest absolute Gasteiger partial charge is 0.481 e. The number of fused-ring (bicyclic) bond motifs is 3. The van der Waals surface area contributed by atoms with E-state index < -0.39 is 97.6 Å². The molecule has 2 bridgehead atoms. The van der Waals surface area contributed by atoms with Gasteiger partial charge in [0, 0.05) is 24.7 Å². The second kappa shape index (κ2) is 17.0. The number of carbonyl (C=O) groups is 2. The fraction of sp³-hybridized carbons (Fsp3) is 0.730. The van der Waals surface area contributed by atoms with Crippen molar-refractivity contribution in [3.8, 4) is 0 Å². The second-order valence-electron chi connectivity index (χ2n) is 17.0. The van der Waals surface area contributed by atoms with Crippen LogP contribution in [0.3, 0.4) is 0 Å². The van der Waals surface area contributed by atoms with Gasteiger partial charge in [0.15, 0.2) is 34.4 Å². The second-order valence-corrected chi connectivity index (χ2v) is 20.2. The number of hydrogen-bond acceptors (Lipinski definition) is 16. The number of aliphatic hydroxyl groups excluding tert-OH is 1. The minimum absolute atomic E-state index is 0.0218. The third kappa shape index (κ3) is 9.12. The number of thiol groups is 1. The highest BCUT2D eigenvalue weighted by molar-refractivity contribution is 7.91. The normalized spacial score (nSPS) is 38.0. The maximum absolute atomic E-state index is 13.8. The van der Waals surface area contributed by atoms with Crippen LogP contribution in [-0.2, 0) is 67.5 Å². The SMILES string of the molecule is C=C1C2CCC3C4(C)CC(O[C@H]5O[C@H](CS(=O)(=O)c6ccc(C)cc6)[C@@H](OOOOS)[C@@H](OS(=O)(=O)O)C5OC(=O)CC(C)C)CC(C(=O)O)C4CCC3(C2)[C@H]1O. The molecule has 5 aliphatic rings. The summed E-state index contributed by atoms with van der Waals surface area (Å²) in [5.74, 6) is -4.16. The van der Waals surface area contributed by atoms with Crippen LogP contribution in [0.25, 0.3) is 0 Å². The van der Waals surface area contributed by atoms with Crippen LogP contribution in [-0.4, -0.2) is 92.2 Å². The van der Waals surface area contributed by atoms with Crippen LogP contribution in [0.4, 0.5) is 0 Å². The maximum atomic E-state index is 13.8. The first-order chi connectivity index (χ1) is 26.7. The molecule has 0 radical (unpaired) electrons. The highest BCUT2D eigenvalue weighted by atomic mass is 32.3. The van der Waals surface area contributed by atoms with Crippen LogP contribution >= 0.6 is 12.9 Å². The maximum Gasteiger partial charge on any atom is 0.397 e. The number of aliphatic carboxylic acids is 1. The van der Waals surface area contributed by atoms with E-state index >= 15 is 0 Å². The molecule has 0 amide bonds. The molecular weight excluding hydrogens is 813 g/mol. The van der Waals surface area contributed by atoms with Crippen molar-refractivity contribution in [3.63, 3.8) is 0 Å². The Labute approximate surface area is 337 Å². The van der Waals surface area contributed by atoms with Crippen molar-refractivity contribution >= 4 is 45.1 Å². The molecule has 0 aromatic heterocycles. The van der Waals surface area contributed by atoms with Crippen molar-refractivity contribution in [2.24, 2.45) is 40.4 Å². The molecule has 13 atom stereocenters. The summed E-state index contributed by atoms with van der Waals surface area (Å²) in [6.45, 7) is 11.5. The van der Waals surface area contributed by atoms with E-state index in [4.69, 9.17) is 23.3 Å². The standard InChI is InChI=1S/C37H52O17S3/c1-19(2)14-29(38)49-32-31(51-57(44,45)46)30(50-52-53-54-55)27(18-56(42,43)24-9-6-20(3)7-10-24)48-35(32)47-23-15-25(34(40)41)26-12-13-37-16-22(21(4)33(37)39)8-11-28(37)36(26,5)17-23/h6-7,9-10,19,22-23,25-28,30-33,35,39,55H,4,8,11-18H2,1-3,5H3,(H,40,41)(H,44,45,46)/t22?,23?,25?,26?,27-,28?,30-,31-,32?,33+,35+,36?,37?/m1/s1. The summed E-state index contributed by atoms with van der Waals surface area (Å²) in [5.41, 5.74) is 0.416. The van der Waals surface area contributed by atoms with Crippen molar-refractivity contribution in [3.05, 3.63) is 42.0 Å². The Hall–Kier alpha value is -2.21. The molecule has 1 aromatic carbocycles. The van der Waals surface area contributed by atoms with Crippen molar-refractivity contribution in [1.29, 1.82) is 0 Å². The molecule has 320 valence electrons. The molecule has 1 aliphatic heterocycles. The Morgan fingerprint density at radius 1 is 1.04 bits per heavy atom. The first kappa shape index (κ1) is 44.3. The van der Waals surface area contributed by atoms with Gasteiger partial charge in [0.1, 0.15) is 6.10 Å². The van der Waals surface area contributed by atoms with Gasteiger partial charge in [-0.25, -0.2) is 12.6 Å². The fourth-order valence-electron chi connectivity index (χ4n) is 10.8. The highest BCUT2D eigenvalue weighted by Gasteiger charge is 2.67. The number of carbonyl (C=O) groups excluding carboxylic acids is 1. The Balaban J connectivity index is 1.40. The van der Waals surface area contributed by atoms with E-state index in [1.165, 1.54) is 12.1 Å². The van der Waals surface area contributed by atoms with E-state index in [2.05, 4.69) is 33.9 Å². The summed E-state index contributed by atoms with van der Waals surface area (Å²) < 4.78 is 90.3. The zero-order valence-corrected chi connectivity index (χ0v) is 34.7. The van der Waals surface area contributed by atoms with Gasteiger partial charge >= 0.3 is 22.3 Å². The summed E-state index contributed by atoms with van der Waals surface area (Å²) in [6, 6.07) is 5.87. The van der Waals surface area contributed by atoms with Gasteiger partial charge in [0.05, 0.1) is 28.8 Å². The summed E-state index contributed by atoms with van der Waals surface area (Å²) >= 11 is 3.38. The first-order valence-electron chi connectivity index (χ1n) is 19.0. The lowest BCUT2D eigenvalue weighted by Crippen LogP contribution is -2.64. The summed E-state index contributed by atoms with van der Waals surface area (Å²) in [6.07, 6.45) is -7.59. The average Bonchev–Trinajstić information content (AvgIpc) is 3.28. The lowest BCUT2D eigenvalue weighted by molar-refractivity contribution is -0.620. The highest BCUT2D eigenvalue weighted by Crippen LogP contribution is 2.70. The predicted octanol–water partition coefficient (Wildman–Crippen LogP) is 4.29. The molecule has 4 aliphatic carbocycles. The number of aliphatic hydroxyl groups is 1. The van der Waals surface area contributed by atoms with Crippen molar-refractivity contribution in [2.45, 2.75) is 127 Å². The number of benzene rings is 1. The van der Waals surface area contributed by atoms with Gasteiger partial charge in [-0.05, 0) is 109 Å². The molecule has 17 nitrogen and oxygen atoms in total. The van der Waals surface area contributed by atoms with E-state index in [0.29, 0.717) is 12.8 Å². The van der Waals surface area contributed by atoms with Crippen LogP contribution in [0, 0.1) is 47.3 Å². The molecule has 6 rings (SSSR count). The van der Waals surface area contributed by atoms with Crippen molar-refractivity contribution in [2.75, 3.05) is 5.75 Å². The molecule has 1 aromatic rings. The number of carboxylic acids is 1. The average molecular weight is 865 g/mol. The molecular formula is C37H52O17S3. The molecule has 1 spiro atoms. The molecule has 5 fully saturated rings. The zero-order valence-electron chi connectivity index (χ0n) is 32.1. The van der Waals surface area contributed by atoms with E-state index in [9.17, 15) is 41.2 Å². The molecule has 1 saturated heterocycles. The van der Waals surface area contributed by atoms with E-state index in [1.54, 1.807) is 32.9 Å². The molecule has 3 N–H and O–H groups in total. The number of sulfone groups is 1. The first-order valence-corrected chi connectivity index (χ1v) is 22.4. The van der Waals surface area contributed by atoms with Crippen molar-refractivity contribution in [1.82, 2.24) is 0 Å². The third-order valence-corrected chi connectivity index (χ3v) is 15.3. The fourth-order valence-corrected chi connectivity index (χ4v) is 12.8. The summed E-state index contributed by atoms with van der Waals surface area (Å²) in [7, 11) is -9.70. The van der Waals surface area contributed by atoms with Crippen molar-refractivity contribution < 1.29 is 78.9 Å². The number of aryl methyl sites for hydroxylation is 1. The van der Waals surface area contributed by atoms with E-state index in [0.717, 1.165) is 30.4 Å². The van der Waals surface area contributed by atoms with Crippen LogP contribution in [0.1, 0.15) is 77.7 Å². The predicted molar refractivity (Wildman–Crippen MR) is 199 cm³/mol. The van der Waals surface area contributed by atoms with Crippen LogP contribution in [0.2, 0.25) is 0 Å². The van der Waals surface area contributed by atoms with Gasteiger partial charge in [-0.3, -0.25) is 14.1 Å². The molecule has 1 heterocycles. The molecule has 8 unspecified atom stereocenters. The number of rotatable bonds is 15. The van der Waals surface area contributed by atoms with Crippen LogP contribution < -0.4 is 0 Å². The smallest absolute Gasteiger partial charge is 0.397 e. The topological polar surface area (TPSA) is 237 Å². The van der Waals surface area contributed by atoms with Gasteiger partial charge in [-0.1, -0.05) is 45.0 Å². The quantitative estimate of drug-likeness (QED) is 0.0221. The molecule has 20 heteroatoms. The third-order valence-electron chi connectivity index (χ3n) is 13.1. The van der Waals surface area contributed by atoms with E-state index in [-0.39, 0.29) is 47.8 Å². The number of hydrogen-bond donors (Lipinski definition) is 4. The zero-order chi connectivity index (χ0) is 41.7. The Bertz CT molecular complexity index is 1870. The Kier molecular flexibility index (Phi) is 13.3. The van der Waals surface area contributed by atoms with Crippen LogP contribution in [0.5, 0.6) is 0 Å². The molecule has 57 heavy (non-hydrogen) atoms. The van der Waals surface area contributed by atoms with Gasteiger partial charge in [0.2, 0.25) is 0 Å². The lowest BCUT2D eigenvalue weighted by atomic mass is 9.43. The van der Waals surface area contributed by atoms with Gasteiger partial charge in [-0.2, -0.15) is 13.3 Å². The van der Waals surface area contributed by atoms with Gasteiger partial charge < -0.3 is 24.4 Å². The van der Waals surface area contributed by atoms with Gasteiger partial charge in [0.25, 0.3) is 0 Å². The van der Waals surface area contributed by atoms with E-state index in [1.807, 2.05) is 6.92 Å².